The van der Waals surface area contributed by atoms with Gasteiger partial charge in [-0.2, -0.15) is 0 Å². The summed E-state index contributed by atoms with van der Waals surface area (Å²) >= 11 is 1.71. The van der Waals surface area contributed by atoms with Crippen LogP contribution in [0.5, 0.6) is 0 Å². The third-order valence-electron chi connectivity index (χ3n) is 6.54. The summed E-state index contributed by atoms with van der Waals surface area (Å²) in [4.78, 5) is 22.4. The van der Waals surface area contributed by atoms with Crippen LogP contribution in [0.1, 0.15) is 62.7 Å². The van der Waals surface area contributed by atoms with Crippen LogP contribution in [-0.2, 0) is 0 Å². The molecule has 6 heteroatoms. The Hall–Kier alpha value is -1.66. The summed E-state index contributed by atoms with van der Waals surface area (Å²) in [6, 6.07) is 6.59. The molecule has 2 aromatic rings. The molecule has 29 heavy (non-hydrogen) atoms. The molecule has 2 aliphatic heterocycles. The first-order chi connectivity index (χ1) is 14.1. The van der Waals surface area contributed by atoms with Gasteiger partial charge in [-0.3, -0.25) is 4.79 Å². The van der Waals surface area contributed by atoms with Crippen molar-refractivity contribution in [3.63, 3.8) is 0 Å². The molecule has 1 amide bonds. The number of anilines is 1. The average Bonchev–Trinajstić information content (AvgIpc) is 3.16. The number of carbonyl (C=O) groups is 1. The van der Waals surface area contributed by atoms with Crippen LogP contribution in [0.2, 0.25) is 0 Å². The summed E-state index contributed by atoms with van der Waals surface area (Å²) in [6.07, 6.45) is 7.45. The molecule has 0 unspecified atom stereocenters. The van der Waals surface area contributed by atoms with Crippen LogP contribution < -0.4 is 10.2 Å². The molecule has 1 aromatic heterocycles. The van der Waals surface area contributed by atoms with E-state index < -0.39 is 0 Å². The quantitative estimate of drug-likeness (QED) is 0.706. The largest absolute Gasteiger partial charge is 0.352 e. The Labute approximate surface area is 178 Å². The number of amides is 1. The lowest BCUT2D eigenvalue weighted by Gasteiger charge is -2.33. The maximum Gasteiger partial charge on any atom is 0.251 e. The van der Waals surface area contributed by atoms with Crippen LogP contribution in [0.4, 0.5) is 5.13 Å². The van der Waals surface area contributed by atoms with E-state index in [-0.39, 0.29) is 5.91 Å². The average molecular weight is 415 g/mol. The van der Waals surface area contributed by atoms with E-state index in [1.165, 1.54) is 38.6 Å². The second-order valence-corrected chi connectivity index (χ2v) is 9.85. The molecule has 0 radical (unpaired) electrons. The lowest BCUT2D eigenvalue weighted by atomic mass is 10.00. The van der Waals surface area contributed by atoms with Gasteiger partial charge in [-0.05, 0) is 69.7 Å². The van der Waals surface area contributed by atoms with Crippen molar-refractivity contribution < 1.29 is 4.79 Å². The molecule has 1 atom stereocenters. The Balaban J connectivity index is 1.31. The first-order valence-corrected chi connectivity index (χ1v) is 12.1. The first kappa shape index (κ1) is 20.6. The van der Waals surface area contributed by atoms with Crippen molar-refractivity contribution in [3.8, 4) is 0 Å². The second-order valence-electron chi connectivity index (χ2n) is 8.84. The highest BCUT2D eigenvalue weighted by Crippen LogP contribution is 2.32. The molecular formula is C23H34N4OS. The Morgan fingerprint density at radius 2 is 2.00 bits per heavy atom. The van der Waals surface area contributed by atoms with Crippen LogP contribution in [-0.4, -0.2) is 54.6 Å². The van der Waals surface area contributed by atoms with E-state index in [9.17, 15) is 4.79 Å². The van der Waals surface area contributed by atoms with Crippen molar-refractivity contribution in [2.45, 2.75) is 58.4 Å². The SMILES string of the molecule is CC1CCN(c2nc3ccc(C(=O)NCCCN4CCCC[C@H]4C)cc3s2)CC1. The number of hydrogen-bond donors (Lipinski definition) is 1. The number of hydrogen-bond acceptors (Lipinski definition) is 5. The van der Waals surface area contributed by atoms with Crippen LogP contribution in [0, 0.1) is 5.92 Å². The fourth-order valence-electron chi connectivity index (χ4n) is 4.46. The van der Waals surface area contributed by atoms with E-state index in [0.29, 0.717) is 6.04 Å². The molecule has 158 valence electrons. The minimum absolute atomic E-state index is 0.0281. The standard InChI is InChI=1S/C23H34N4OS/c1-17-9-14-27(15-10-17)23-25-20-8-7-19(16-21(20)29-23)22(28)24-11-5-13-26-12-4-3-6-18(26)2/h7-8,16-18H,3-6,9-15H2,1-2H3,(H,24,28)/t18-/m1/s1. The normalized spacial score (nSPS) is 21.6. The minimum atomic E-state index is 0.0281. The topological polar surface area (TPSA) is 48.5 Å². The smallest absolute Gasteiger partial charge is 0.251 e. The van der Waals surface area contributed by atoms with Gasteiger partial charge < -0.3 is 15.1 Å². The number of rotatable bonds is 6. The van der Waals surface area contributed by atoms with Crippen molar-refractivity contribution in [2.24, 2.45) is 5.92 Å². The molecule has 1 aromatic carbocycles. The van der Waals surface area contributed by atoms with Gasteiger partial charge in [0.15, 0.2) is 5.13 Å². The van der Waals surface area contributed by atoms with Gasteiger partial charge in [0.05, 0.1) is 10.2 Å². The number of likely N-dealkylation sites (tertiary alicyclic amines) is 1. The van der Waals surface area contributed by atoms with E-state index in [0.717, 1.165) is 59.4 Å². The Morgan fingerprint density at radius 1 is 1.17 bits per heavy atom. The van der Waals surface area contributed by atoms with Crippen LogP contribution in [0.25, 0.3) is 10.2 Å². The lowest BCUT2D eigenvalue weighted by molar-refractivity contribution is 0.0949. The fourth-order valence-corrected chi connectivity index (χ4v) is 5.52. The van der Waals surface area contributed by atoms with E-state index in [1.54, 1.807) is 11.3 Å². The maximum absolute atomic E-state index is 12.6. The molecule has 4 rings (SSSR count). The number of nitrogens with one attached hydrogen (secondary N) is 1. The number of nitrogens with zero attached hydrogens (tertiary/aromatic N) is 3. The highest BCUT2D eigenvalue weighted by molar-refractivity contribution is 7.22. The zero-order valence-corrected chi connectivity index (χ0v) is 18.6. The number of aromatic nitrogens is 1. The molecule has 1 N–H and O–H groups in total. The van der Waals surface area contributed by atoms with Crippen molar-refractivity contribution >= 4 is 32.6 Å². The van der Waals surface area contributed by atoms with E-state index in [4.69, 9.17) is 4.98 Å². The van der Waals surface area contributed by atoms with Gasteiger partial charge in [-0.15, -0.1) is 0 Å². The molecule has 3 heterocycles. The fraction of sp³-hybridized carbons (Fsp3) is 0.652. The minimum Gasteiger partial charge on any atom is -0.352 e. The molecule has 0 spiro atoms. The molecule has 0 bridgehead atoms. The zero-order valence-electron chi connectivity index (χ0n) is 17.8. The third-order valence-corrected chi connectivity index (χ3v) is 7.62. The summed E-state index contributed by atoms with van der Waals surface area (Å²) < 4.78 is 1.11. The highest BCUT2D eigenvalue weighted by Gasteiger charge is 2.20. The summed E-state index contributed by atoms with van der Waals surface area (Å²) in [6.45, 7) is 9.84. The summed E-state index contributed by atoms with van der Waals surface area (Å²) in [5.74, 6) is 0.842. The lowest BCUT2D eigenvalue weighted by Crippen LogP contribution is -2.39. The zero-order chi connectivity index (χ0) is 20.2. The monoisotopic (exact) mass is 414 g/mol. The summed E-state index contributed by atoms with van der Waals surface area (Å²) in [5.41, 5.74) is 1.74. The van der Waals surface area contributed by atoms with Gasteiger partial charge in [0.25, 0.3) is 5.91 Å². The Kier molecular flexibility index (Phi) is 6.70. The Bertz CT molecular complexity index is 827. The van der Waals surface area contributed by atoms with Gasteiger partial charge in [-0.1, -0.05) is 24.7 Å². The summed E-state index contributed by atoms with van der Waals surface area (Å²) in [7, 11) is 0. The van der Waals surface area contributed by atoms with Crippen molar-refractivity contribution in [3.05, 3.63) is 23.8 Å². The van der Waals surface area contributed by atoms with Gasteiger partial charge in [0.2, 0.25) is 0 Å². The highest BCUT2D eigenvalue weighted by atomic mass is 32.1. The van der Waals surface area contributed by atoms with Crippen molar-refractivity contribution in [1.82, 2.24) is 15.2 Å². The van der Waals surface area contributed by atoms with Gasteiger partial charge in [0, 0.05) is 37.8 Å². The summed E-state index contributed by atoms with van der Waals surface area (Å²) in [5, 5.41) is 4.20. The molecule has 2 fully saturated rings. The molecular weight excluding hydrogens is 380 g/mol. The van der Waals surface area contributed by atoms with Crippen LogP contribution >= 0.6 is 11.3 Å². The number of benzene rings is 1. The Morgan fingerprint density at radius 3 is 2.79 bits per heavy atom. The molecule has 2 saturated heterocycles. The number of thiazole rings is 1. The predicted octanol–water partition coefficient (Wildman–Crippen LogP) is 4.53. The van der Waals surface area contributed by atoms with Crippen LogP contribution in [0.15, 0.2) is 18.2 Å². The molecule has 5 nitrogen and oxygen atoms in total. The second kappa shape index (κ2) is 9.43. The van der Waals surface area contributed by atoms with Gasteiger partial charge >= 0.3 is 0 Å². The molecule has 2 aliphatic rings. The maximum atomic E-state index is 12.6. The first-order valence-electron chi connectivity index (χ1n) is 11.3. The third kappa shape index (κ3) is 5.10. The molecule has 0 aliphatic carbocycles. The predicted molar refractivity (Wildman–Crippen MR) is 122 cm³/mol. The van der Waals surface area contributed by atoms with Crippen molar-refractivity contribution in [2.75, 3.05) is 37.6 Å². The van der Waals surface area contributed by atoms with Crippen molar-refractivity contribution in [1.29, 1.82) is 0 Å². The van der Waals surface area contributed by atoms with E-state index >= 15 is 0 Å². The van der Waals surface area contributed by atoms with E-state index in [1.807, 2.05) is 18.2 Å². The molecule has 0 saturated carbocycles. The number of carbonyl (C=O) groups excluding carboxylic acids is 1. The van der Waals surface area contributed by atoms with Gasteiger partial charge in [-0.25, -0.2) is 4.98 Å². The van der Waals surface area contributed by atoms with E-state index in [2.05, 4.69) is 29.0 Å². The van der Waals surface area contributed by atoms with Gasteiger partial charge in [0.1, 0.15) is 0 Å². The van der Waals surface area contributed by atoms with Crippen LogP contribution in [0.3, 0.4) is 0 Å². The number of piperidine rings is 2. The number of fused-ring (bicyclic) bond motifs is 1.